The van der Waals surface area contributed by atoms with Gasteiger partial charge in [0.2, 0.25) is 0 Å². The second-order valence-electron chi connectivity index (χ2n) is 22.5. The standard InChI is InChI=1S/C49H75N3O5/c1-32(2)40-34(53)30-48(25-27-52(29-28-51(10)11)49(23-24-49)37-14-12-13-26-50-37)22-21-46(8)33(41(40)48)15-16-36-45(7)19-18-38(57-39(54)31-43(3,4)42(55)56)44(5,6)35(45)17-20-47(36,46)9/h12-14,26,32-33,35-36,38H,15-25,27-31H2,1-11H3,(H,55,56)/t33?,35-,36+,38-,45-,46+,47?,48+/m0/s1. The van der Waals surface area contributed by atoms with Gasteiger partial charge in [-0.15, -0.1) is 0 Å². The first-order valence-corrected chi connectivity index (χ1v) is 22.6. The lowest BCUT2D eigenvalue weighted by molar-refractivity contribution is -0.233. The van der Waals surface area contributed by atoms with Gasteiger partial charge in [0.25, 0.3) is 0 Å². The number of aliphatic carboxylic acids is 1. The van der Waals surface area contributed by atoms with Gasteiger partial charge in [0.1, 0.15) is 6.10 Å². The number of carboxylic acid groups (broad SMARTS) is 1. The largest absolute Gasteiger partial charge is 0.481 e. The highest BCUT2D eigenvalue weighted by Gasteiger charge is 2.70. The summed E-state index contributed by atoms with van der Waals surface area (Å²) in [6, 6.07) is 6.38. The molecule has 6 aliphatic carbocycles. The number of carbonyl (C=O) groups is 3. The molecule has 0 bridgehead atoms. The minimum atomic E-state index is -1.15. The maximum atomic E-state index is 14.4. The molecule has 0 saturated heterocycles. The van der Waals surface area contributed by atoms with Crippen LogP contribution in [0.15, 0.2) is 35.5 Å². The minimum Gasteiger partial charge on any atom is -0.481 e. The zero-order valence-electron chi connectivity index (χ0n) is 37.4. The summed E-state index contributed by atoms with van der Waals surface area (Å²) in [5, 5.41) is 9.67. The number of allylic oxidation sites excluding steroid dienone is 2. The molecule has 0 aromatic carbocycles. The Kier molecular flexibility index (Phi) is 10.9. The smallest absolute Gasteiger partial charge is 0.309 e. The van der Waals surface area contributed by atoms with Gasteiger partial charge in [0, 0.05) is 36.5 Å². The van der Waals surface area contributed by atoms with Gasteiger partial charge in [-0.1, -0.05) is 60.1 Å². The number of fused-ring (bicyclic) bond motifs is 7. The van der Waals surface area contributed by atoms with Crippen molar-refractivity contribution in [3.05, 3.63) is 41.2 Å². The van der Waals surface area contributed by atoms with Crippen LogP contribution in [0.3, 0.4) is 0 Å². The van der Waals surface area contributed by atoms with Crippen LogP contribution >= 0.6 is 0 Å². The Morgan fingerprint density at radius 1 is 0.895 bits per heavy atom. The molecule has 5 saturated carbocycles. The van der Waals surface area contributed by atoms with Crippen molar-refractivity contribution in [1.29, 1.82) is 0 Å². The second kappa shape index (κ2) is 14.6. The monoisotopic (exact) mass is 786 g/mol. The minimum absolute atomic E-state index is 0.00422. The first-order chi connectivity index (χ1) is 26.6. The number of pyridine rings is 1. The van der Waals surface area contributed by atoms with E-state index in [1.807, 2.05) is 12.3 Å². The van der Waals surface area contributed by atoms with Gasteiger partial charge in [-0.25, -0.2) is 0 Å². The van der Waals surface area contributed by atoms with Crippen LogP contribution < -0.4 is 0 Å². The van der Waals surface area contributed by atoms with Crippen LogP contribution in [-0.4, -0.2) is 77.4 Å². The summed E-state index contributed by atoms with van der Waals surface area (Å²) >= 11 is 0. The van der Waals surface area contributed by atoms with E-state index in [-0.39, 0.29) is 51.1 Å². The Hall–Kier alpha value is -2.58. The summed E-state index contributed by atoms with van der Waals surface area (Å²) in [6.07, 6.45) is 14.3. The fraction of sp³-hybridized carbons (Fsp3) is 0.796. The number of hydrogen-bond acceptors (Lipinski definition) is 7. The molecular weight excluding hydrogens is 711 g/mol. The summed E-state index contributed by atoms with van der Waals surface area (Å²) < 4.78 is 6.22. The topological polar surface area (TPSA) is 100 Å². The van der Waals surface area contributed by atoms with Gasteiger partial charge in [-0.3, -0.25) is 24.3 Å². The molecule has 0 aliphatic heterocycles. The Balaban J connectivity index is 1.16. The third-order valence-electron chi connectivity index (χ3n) is 18.1. The molecule has 8 nitrogen and oxygen atoms in total. The molecule has 6 aliphatic rings. The molecule has 316 valence electrons. The lowest BCUT2D eigenvalue weighted by Crippen LogP contribution is -2.65. The Morgan fingerprint density at radius 3 is 2.23 bits per heavy atom. The molecule has 1 heterocycles. The van der Waals surface area contributed by atoms with E-state index in [0.717, 1.165) is 77.4 Å². The summed E-state index contributed by atoms with van der Waals surface area (Å²) in [6.45, 7) is 23.2. The van der Waals surface area contributed by atoms with Crippen LogP contribution in [0, 0.1) is 56.2 Å². The third-order valence-corrected chi connectivity index (χ3v) is 18.1. The van der Waals surface area contributed by atoms with E-state index in [1.165, 1.54) is 24.1 Å². The van der Waals surface area contributed by atoms with Gasteiger partial charge >= 0.3 is 11.9 Å². The van der Waals surface area contributed by atoms with Gasteiger partial charge < -0.3 is 14.7 Å². The van der Waals surface area contributed by atoms with Gasteiger partial charge in [-0.2, -0.15) is 0 Å². The summed E-state index contributed by atoms with van der Waals surface area (Å²) in [7, 11) is 4.34. The number of nitrogens with zero attached hydrogens (tertiary/aromatic N) is 3. The first kappa shape index (κ1) is 42.5. The number of ketones is 1. The molecule has 8 atom stereocenters. The van der Waals surface area contributed by atoms with E-state index in [0.29, 0.717) is 30.0 Å². The summed E-state index contributed by atoms with van der Waals surface area (Å²) in [5.74, 6) is 0.648. The Bertz CT molecular complexity index is 1760. The first-order valence-electron chi connectivity index (χ1n) is 22.6. The maximum Gasteiger partial charge on any atom is 0.309 e. The fourth-order valence-corrected chi connectivity index (χ4v) is 14.6. The van der Waals surface area contributed by atoms with Crippen molar-refractivity contribution < 1.29 is 24.2 Å². The average Bonchev–Trinajstić information content (AvgIpc) is 3.87. The number of esters is 1. The molecule has 7 rings (SSSR count). The Morgan fingerprint density at radius 2 is 1.61 bits per heavy atom. The highest BCUT2D eigenvalue weighted by atomic mass is 16.5. The summed E-state index contributed by atoms with van der Waals surface area (Å²) in [5.41, 5.74) is 2.85. The zero-order valence-corrected chi connectivity index (χ0v) is 37.4. The highest BCUT2D eigenvalue weighted by molar-refractivity contribution is 6.00. The van der Waals surface area contributed by atoms with E-state index >= 15 is 0 Å². The number of rotatable bonds is 13. The number of carbonyl (C=O) groups excluding carboxylic acids is 2. The van der Waals surface area contributed by atoms with Gasteiger partial charge in [-0.05, 0) is 163 Å². The summed E-state index contributed by atoms with van der Waals surface area (Å²) in [4.78, 5) is 49.3. The van der Waals surface area contributed by atoms with Gasteiger partial charge in [0.05, 0.1) is 23.1 Å². The van der Waals surface area contributed by atoms with E-state index in [9.17, 15) is 19.5 Å². The highest BCUT2D eigenvalue weighted by Crippen LogP contribution is 2.77. The van der Waals surface area contributed by atoms with Gasteiger partial charge in [0.15, 0.2) is 5.78 Å². The maximum absolute atomic E-state index is 14.4. The van der Waals surface area contributed by atoms with Crippen LogP contribution in [0.25, 0.3) is 0 Å². The normalized spacial score (nSPS) is 36.8. The van der Waals surface area contributed by atoms with Crippen LogP contribution in [0.4, 0.5) is 0 Å². The molecule has 0 radical (unpaired) electrons. The van der Waals surface area contributed by atoms with E-state index in [4.69, 9.17) is 9.72 Å². The quantitative estimate of drug-likeness (QED) is 0.198. The lowest BCUT2D eigenvalue weighted by atomic mass is 9.33. The molecule has 1 aromatic rings. The zero-order chi connectivity index (χ0) is 41.6. The van der Waals surface area contributed by atoms with Crippen LogP contribution in [0.2, 0.25) is 0 Å². The number of carboxylic acids is 1. The van der Waals surface area contributed by atoms with Crippen LogP contribution in [0.5, 0.6) is 0 Å². The lowest BCUT2D eigenvalue weighted by Gasteiger charge is -2.72. The van der Waals surface area contributed by atoms with Crippen LogP contribution in [0.1, 0.15) is 151 Å². The molecule has 1 N–H and O–H groups in total. The van der Waals surface area contributed by atoms with Crippen molar-refractivity contribution >= 4 is 17.7 Å². The molecule has 57 heavy (non-hydrogen) atoms. The van der Waals surface area contributed by atoms with Crippen LogP contribution in [-0.2, 0) is 24.7 Å². The van der Waals surface area contributed by atoms with Crippen molar-refractivity contribution in [3.63, 3.8) is 0 Å². The molecule has 2 unspecified atom stereocenters. The van der Waals surface area contributed by atoms with Crippen molar-refractivity contribution in [3.8, 4) is 0 Å². The molecule has 0 spiro atoms. The van der Waals surface area contributed by atoms with Crippen molar-refractivity contribution in [1.82, 2.24) is 14.8 Å². The Labute approximate surface area is 344 Å². The van der Waals surface area contributed by atoms with Crippen molar-refractivity contribution in [2.45, 2.75) is 157 Å². The van der Waals surface area contributed by atoms with Crippen molar-refractivity contribution in [2.24, 2.45) is 56.2 Å². The number of ether oxygens (including phenoxy) is 1. The predicted molar refractivity (Wildman–Crippen MR) is 225 cm³/mol. The number of aromatic nitrogens is 1. The van der Waals surface area contributed by atoms with E-state index in [2.05, 4.69) is 84.5 Å². The second-order valence-corrected chi connectivity index (χ2v) is 22.5. The number of Topliss-reactive ketones (excluding diaryl/α,β-unsaturated/α-hetero) is 1. The SMILES string of the molecule is CC(C)C1=C2C3CC[C@H]4C(C)(CC[C@H]5C(C)(C)[C@@H](OC(=O)CC(C)(C)C(=O)O)CC[C@@]54C)[C@]3(C)CC[C@@]2(CCN(CCN(C)C)C2(c3ccccn3)CC2)CC1=O. The molecule has 0 amide bonds. The van der Waals surface area contributed by atoms with E-state index in [1.54, 1.807) is 19.4 Å². The molecular formula is C49H75N3O5. The van der Waals surface area contributed by atoms with E-state index < -0.39 is 17.4 Å². The number of likely N-dealkylation sites (N-methyl/N-ethyl adjacent to an activating group) is 1. The third kappa shape index (κ3) is 6.77. The predicted octanol–water partition coefficient (Wildman–Crippen LogP) is 9.72. The average molecular weight is 786 g/mol. The molecule has 1 aromatic heterocycles. The molecule has 5 fully saturated rings. The van der Waals surface area contributed by atoms with Crippen molar-refractivity contribution in [2.75, 3.05) is 33.7 Å². The molecule has 8 heteroatoms. The number of hydrogen-bond donors (Lipinski definition) is 1. The fourth-order valence-electron chi connectivity index (χ4n) is 14.6.